The zero-order chi connectivity index (χ0) is 21.2. The topological polar surface area (TPSA) is 12.5 Å². The van der Waals surface area contributed by atoms with Crippen molar-refractivity contribution in [2.24, 2.45) is 0 Å². The van der Waals surface area contributed by atoms with Crippen LogP contribution >= 0.6 is 15.9 Å². The van der Waals surface area contributed by atoms with Crippen molar-refractivity contribution in [3.8, 4) is 5.75 Å². The summed E-state index contributed by atoms with van der Waals surface area (Å²) in [5, 5.41) is 0.980. The van der Waals surface area contributed by atoms with Gasteiger partial charge in [-0.2, -0.15) is 0 Å². The zero-order valence-corrected chi connectivity index (χ0v) is 19.4. The monoisotopic (exact) mass is 463 g/mol. The highest BCUT2D eigenvalue weighted by atomic mass is 79.9. The molecular weight excluding hydrogens is 434 g/mol. The van der Waals surface area contributed by atoms with E-state index >= 15 is 0 Å². The lowest BCUT2D eigenvalue weighted by Gasteiger charge is -2.17. The van der Waals surface area contributed by atoms with Gasteiger partial charge in [0.2, 0.25) is 0 Å². The van der Waals surface area contributed by atoms with Crippen LogP contribution in [0.2, 0.25) is 0 Å². The third-order valence-corrected chi connectivity index (χ3v) is 5.55. The van der Waals surface area contributed by atoms with Crippen LogP contribution in [0.4, 0.5) is 0 Å². The minimum absolute atomic E-state index is 0.689. The van der Waals surface area contributed by atoms with E-state index in [1.807, 2.05) is 0 Å². The first-order valence-corrected chi connectivity index (χ1v) is 11.7. The molecule has 3 aromatic carbocycles. The molecule has 30 heavy (non-hydrogen) atoms. The highest BCUT2D eigenvalue weighted by molar-refractivity contribution is 9.09. The second kappa shape index (κ2) is 11.7. The molecule has 0 spiro atoms. The number of hydrogen-bond donors (Lipinski definition) is 0. The zero-order valence-electron chi connectivity index (χ0n) is 17.9. The van der Waals surface area contributed by atoms with Gasteiger partial charge in [0.1, 0.15) is 12.4 Å². The van der Waals surface area contributed by atoms with E-state index in [0.29, 0.717) is 6.61 Å². The average molecular weight is 464 g/mol. The second-order valence-corrected chi connectivity index (χ2v) is 8.10. The first-order chi connectivity index (χ1) is 14.7. The van der Waals surface area contributed by atoms with Crippen LogP contribution in [0.25, 0.3) is 11.1 Å². The maximum Gasteiger partial charge on any atom is 0.119 e. The number of likely N-dealkylation sites (N-methyl/N-ethyl adjacent to an activating group) is 1. The van der Waals surface area contributed by atoms with Gasteiger partial charge in [-0.15, -0.1) is 0 Å². The van der Waals surface area contributed by atoms with Crippen molar-refractivity contribution in [3.63, 3.8) is 0 Å². The summed E-state index contributed by atoms with van der Waals surface area (Å²) in [6.07, 6.45) is 0.965. The summed E-state index contributed by atoms with van der Waals surface area (Å²) < 4.78 is 5.96. The number of ether oxygens (including phenoxy) is 1. The van der Waals surface area contributed by atoms with Gasteiger partial charge in [-0.25, -0.2) is 0 Å². The number of benzene rings is 3. The molecule has 0 saturated heterocycles. The standard InChI is InChI=1S/C27H30BrNO/c1-3-26(22-10-6-4-7-11-22)27(23-12-8-5-9-13-23)24-14-16-25(17-15-24)30-21-20-29(2)19-18-28/h4-17H,3,18-21H2,1-2H3/b27-26-. The Morgan fingerprint density at radius 2 is 1.33 bits per heavy atom. The molecule has 0 amide bonds. The summed E-state index contributed by atoms with van der Waals surface area (Å²) in [6, 6.07) is 29.9. The average Bonchev–Trinajstić information content (AvgIpc) is 2.79. The Kier molecular flexibility index (Phi) is 8.73. The van der Waals surface area contributed by atoms with Crippen LogP contribution in [0, 0.1) is 0 Å². The van der Waals surface area contributed by atoms with Crippen LogP contribution in [0.5, 0.6) is 5.75 Å². The lowest BCUT2D eigenvalue weighted by molar-refractivity contribution is 0.245. The number of alkyl halides is 1. The Morgan fingerprint density at radius 1 is 0.767 bits per heavy atom. The molecule has 0 bridgehead atoms. The van der Waals surface area contributed by atoms with E-state index in [4.69, 9.17) is 4.74 Å². The van der Waals surface area contributed by atoms with Gasteiger partial charge in [0.25, 0.3) is 0 Å². The molecule has 0 aliphatic carbocycles. The normalized spacial score (nSPS) is 12.0. The molecule has 0 radical (unpaired) electrons. The van der Waals surface area contributed by atoms with Gasteiger partial charge in [0.15, 0.2) is 0 Å². The molecule has 0 saturated carbocycles. The highest BCUT2D eigenvalue weighted by Crippen LogP contribution is 2.34. The molecule has 0 heterocycles. The minimum Gasteiger partial charge on any atom is -0.492 e. The summed E-state index contributed by atoms with van der Waals surface area (Å²) >= 11 is 3.48. The van der Waals surface area contributed by atoms with Gasteiger partial charge in [-0.3, -0.25) is 0 Å². The van der Waals surface area contributed by atoms with Crippen LogP contribution in [-0.4, -0.2) is 37.0 Å². The first-order valence-electron chi connectivity index (χ1n) is 10.5. The fraction of sp³-hybridized carbons (Fsp3) is 0.259. The molecule has 3 aromatic rings. The van der Waals surface area contributed by atoms with E-state index < -0.39 is 0 Å². The van der Waals surface area contributed by atoms with Gasteiger partial charge in [-0.1, -0.05) is 95.7 Å². The van der Waals surface area contributed by atoms with Crippen LogP contribution in [0.15, 0.2) is 84.9 Å². The molecule has 156 valence electrons. The van der Waals surface area contributed by atoms with Crippen molar-refractivity contribution in [3.05, 3.63) is 102 Å². The van der Waals surface area contributed by atoms with E-state index in [0.717, 1.165) is 30.6 Å². The van der Waals surface area contributed by atoms with Gasteiger partial charge in [0.05, 0.1) is 0 Å². The van der Waals surface area contributed by atoms with Crippen LogP contribution in [-0.2, 0) is 0 Å². The Hall–Kier alpha value is -2.36. The van der Waals surface area contributed by atoms with Gasteiger partial charge in [0, 0.05) is 18.4 Å². The van der Waals surface area contributed by atoms with Crippen LogP contribution in [0.3, 0.4) is 0 Å². The number of nitrogens with zero attached hydrogens (tertiary/aromatic N) is 1. The Morgan fingerprint density at radius 3 is 1.90 bits per heavy atom. The van der Waals surface area contributed by atoms with Gasteiger partial charge < -0.3 is 9.64 Å². The highest BCUT2D eigenvalue weighted by Gasteiger charge is 2.13. The molecule has 3 rings (SSSR count). The lowest BCUT2D eigenvalue weighted by Crippen LogP contribution is -2.25. The van der Waals surface area contributed by atoms with Crippen molar-refractivity contribution >= 4 is 27.1 Å². The molecule has 0 unspecified atom stereocenters. The molecule has 0 aromatic heterocycles. The van der Waals surface area contributed by atoms with Crippen LogP contribution < -0.4 is 4.74 Å². The van der Waals surface area contributed by atoms with Crippen LogP contribution in [0.1, 0.15) is 30.0 Å². The molecule has 0 fully saturated rings. The van der Waals surface area contributed by atoms with E-state index in [1.165, 1.54) is 27.8 Å². The largest absolute Gasteiger partial charge is 0.492 e. The second-order valence-electron chi connectivity index (χ2n) is 7.30. The van der Waals surface area contributed by atoms with Crippen molar-refractivity contribution < 1.29 is 4.74 Å². The third kappa shape index (κ3) is 6.07. The Balaban J connectivity index is 1.89. The summed E-state index contributed by atoms with van der Waals surface area (Å²) in [6.45, 7) is 4.85. The number of allylic oxidation sites excluding steroid dienone is 1. The smallest absolute Gasteiger partial charge is 0.119 e. The van der Waals surface area contributed by atoms with Crippen molar-refractivity contribution in [1.29, 1.82) is 0 Å². The number of hydrogen-bond acceptors (Lipinski definition) is 2. The van der Waals surface area contributed by atoms with E-state index in [9.17, 15) is 0 Å². The Bertz CT molecular complexity index is 920. The molecule has 0 atom stereocenters. The van der Waals surface area contributed by atoms with Crippen molar-refractivity contribution in [2.75, 3.05) is 32.1 Å². The quantitative estimate of drug-likeness (QED) is 0.243. The molecular formula is C27H30BrNO. The van der Waals surface area contributed by atoms with Crippen molar-refractivity contribution in [1.82, 2.24) is 4.90 Å². The molecule has 0 aliphatic heterocycles. The van der Waals surface area contributed by atoms with E-state index in [1.54, 1.807) is 0 Å². The summed E-state index contributed by atoms with van der Waals surface area (Å²) in [4.78, 5) is 2.26. The van der Waals surface area contributed by atoms with Gasteiger partial charge in [-0.05, 0) is 53.4 Å². The third-order valence-electron chi connectivity index (χ3n) is 5.19. The summed E-state index contributed by atoms with van der Waals surface area (Å²) in [5.41, 5.74) is 6.36. The SMILES string of the molecule is CC/C(=C(\c1ccccc1)c1ccc(OCCN(C)CCBr)cc1)c1ccccc1. The molecule has 2 nitrogen and oxygen atoms in total. The first kappa shape index (κ1) is 22.3. The molecule has 3 heteroatoms. The fourth-order valence-corrected chi connectivity index (χ4v) is 4.18. The maximum absolute atomic E-state index is 5.96. The molecule has 0 N–H and O–H groups in total. The minimum atomic E-state index is 0.689. The lowest BCUT2D eigenvalue weighted by atomic mass is 9.88. The summed E-state index contributed by atoms with van der Waals surface area (Å²) in [5.74, 6) is 0.913. The summed E-state index contributed by atoms with van der Waals surface area (Å²) in [7, 11) is 2.11. The predicted octanol–water partition coefficient (Wildman–Crippen LogP) is 6.76. The molecule has 0 aliphatic rings. The maximum atomic E-state index is 5.96. The van der Waals surface area contributed by atoms with E-state index in [2.05, 4.69) is 120 Å². The fourth-order valence-electron chi connectivity index (χ4n) is 3.58. The Labute approximate surface area is 189 Å². The van der Waals surface area contributed by atoms with Gasteiger partial charge >= 0.3 is 0 Å². The number of rotatable bonds is 10. The van der Waals surface area contributed by atoms with E-state index in [-0.39, 0.29) is 0 Å². The van der Waals surface area contributed by atoms with Crippen molar-refractivity contribution in [2.45, 2.75) is 13.3 Å². The predicted molar refractivity (Wildman–Crippen MR) is 132 cm³/mol. The number of halogens is 1.